The van der Waals surface area contributed by atoms with Gasteiger partial charge in [-0.2, -0.15) is 0 Å². The fraction of sp³-hybridized carbons (Fsp3) is 0.188. The molecule has 1 amide bonds. The van der Waals surface area contributed by atoms with Gasteiger partial charge in [-0.3, -0.25) is 4.79 Å². The number of carbonyl (C=O) groups is 1. The van der Waals surface area contributed by atoms with Gasteiger partial charge in [-0.1, -0.05) is 46.3 Å². The maximum atomic E-state index is 11.8. The van der Waals surface area contributed by atoms with E-state index in [2.05, 4.69) is 21.2 Å². The SMILES string of the molecule is O=C(Cc1cccc(Br)c1)NCCOc1ccccc1. The lowest BCUT2D eigenvalue weighted by molar-refractivity contribution is -0.120. The fourth-order valence-electron chi connectivity index (χ4n) is 1.77. The van der Waals surface area contributed by atoms with Crippen LogP contribution in [0.1, 0.15) is 5.56 Å². The monoisotopic (exact) mass is 333 g/mol. The van der Waals surface area contributed by atoms with Gasteiger partial charge in [-0.15, -0.1) is 0 Å². The van der Waals surface area contributed by atoms with Crippen molar-refractivity contribution in [1.82, 2.24) is 5.32 Å². The first-order valence-corrected chi connectivity index (χ1v) is 7.22. The molecular weight excluding hydrogens is 318 g/mol. The van der Waals surface area contributed by atoms with Crippen LogP contribution in [-0.2, 0) is 11.2 Å². The molecule has 0 radical (unpaired) electrons. The van der Waals surface area contributed by atoms with Crippen LogP contribution in [0.15, 0.2) is 59.1 Å². The lowest BCUT2D eigenvalue weighted by Gasteiger charge is -2.08. The van der Waals surface area contributed by atoms with Crippen LogP contribution in [0.2, 0.25) is 0 Å². The maximum absolute atomic E-state index is 11.8. The number of halogens is 1. The van der Waals surface area contributed by atoms with E-state index < -0.39 is 0 Å². The number of ether oxygens (including phenoxy) is 1. The average molecular weight is 334 g/mol. The van der Waals surface area contributed by atoms with Gasteiger partial charge < -0.3 is 10.1 Å². The van der Waals surface area contributed by atoms with Crippen LogP contribution in [0.4, 0.5) is 0 Å². The summed E-state index contributed by atoms with van der Waals surface area (Å²) >= 11 is 3.39. The Kier molecular flexibility index (Phi) is 5.62. The van der Waals surface area contributed by atoms with Gasteiger partial charge in [0.1, 0.15) is 12.4 Å². The summed E-state index contributed by atoms with van der Waals surface area (Å²) < 4.78 is 6.49. The molecule has 2 aromatic carbocycles. The molecule has 0 bridgehead atoms. The molecule has 104 valence electrons. The Morgan fingerprint density at radius 1 is 1.10 bits per heavy atom. The van der Waals surface area contributed by atoms with Gasteiger partial charge >= 0.3 is 0 Å². The summed E-state index contributed by atoms with van der Waals surface area (Å²) in [7, 11) is 0. The molecule has 3 nitrogen and oxygen atoms in total. The first-order valence-electron chi connectivity index (χ1n) is 6.43. The molecule has 0 aliphatic heterocycles. The smallest absolute Gasteiger partial charge is 0.224 e. The highest BCUT2D eigenvalue weighted by Gasteiger charge is 2.03. The molecule has 0 fully saturated rings. The number of nitrogens with one attached hydrogen (secondary N) is 1. The van der Waals surface area contributed by atoms with Gasteiger partial charge in [0, 0.05) is 4.47 Å². The van der Waals surface area contributed by atoms with Crippen LogP contribution >= 0.6 is 15.9 Å². The van der Waals surface area contributed by atoms with Crippen molar-refractivity contribution in [3.8, 4) is 5.75 Å². The van der Waals surface area contributed by atoms with Crippen LogP contribution in [-0.4, -0.2) is 19.1 Å². The molecular formula is C16H16BrNO2. The minimum atomic E-state index is -0.000221. The molecule has 1 N–H and O–H groups in total. The molecule has 0 unspecified atom stereocenters. The molecule has 0 aliphatic rings. The van der Waals surface area contributed by atoms with Crippen molar-refractivity contribution in [2.24, 2.45) is 0 Å². The van der Waals surface area contributed by atoms with Gasteiger partial charge in [0.05, 0.1) is 13.0 Å². The Morgan fingerprint density at radius 3 is 2.65 bits per heavy atom. The van der Waals surface area contributed by atoms with Crippen LogP contribution in [0.3, 0.4) is 0 Å². The molecule has 0 spiro atoms. The zero-order chi connectivity index (χ0) is 14.2. The van der Waals surface area contributed by atoms with Crippen molar-refractivity contribution in [3.05, 3.63) is 64.6 Å². The Labute approximate surface area is 127 Å². The Morgan fingerprint density at radius 2 is 1.90 bits per heavy atom. The Bertz CT molecular complexity index is 557. The normalized spacial score (nSPS) is 10.1. The van der Waals surface area contributed by atoms with Crippen molar-refractivity contribution in [3.63, 3.8) is 0 Å². The summed E-state index contributed by atoms with van der Waals surface area (Å²) in [4.78, 5) is 11.8. The fourth-order valence-corrected chi connectivity index (χ4v) is 2.22. The Balaban J connectivity index is 1.68. The highest BCUT2D eigenvalue weighted by molar-refractivity contribution is 9.10. The summed E-state index contributed by atoms with van der Waals surface area (Å²) in [6.45, 7) is 0.968. The third-order valence-corrected chi connectivity index (χ3v) is 3.18. The number of rotatable bonds is 6. The van der Waals surface area contributed by atoms with Gasteiger partial charge in [0.2, 0.25) is 5.91 Å². The van der Waals surface area contributed by atoms with E-state index in [0.717, 1.165) is 15.8 Å². The summed E-state index contributed by atoms with van der Waals surface area (Å²) in [5, 5.41) is 2.84. The minimum absolute atomic E-state index is 0.000221. The molecule has 0 saturated carbocycles. The third kappa shape index (κ3) is 5.05. The zero-order valence-electron chi connectivity index (χ0n) is 11.0. The molecule has 20 heavy (non-hydrogen) atoms. The van der Waals surface area contributed by atoms with Crippen molar-refractivity contribution in [1.29, 1.82) is 0 Å². The van der Waals surface area contributed by atoms with Crippen molar-refractivity contribution < 1.29 is 9.53 Å². The highest BCUT2D eigenvalue weighted by Crippen LogP contribution is 2.12. The number of hydrogen-bond acceptors (Lipinski definition) is 2. The third-order valence-electron chi connectivity index (χ3n) is 2.69. The second-order valence-corrected chi connectivity index (χ2v) is 5.23. The molecule has 4 heteroatoms. The van der Waals surface area contributed by atoms with Crippen molar-refractivity contribution in [2.75, 3.05) is 13.2 Å². The average Bonchev–Trinajstić information content (AvgIpc) is 2.45. The van der Waals surface area contributed by atoms with E-state index in [1.54, 1.807) is 0 Å². The van der Waals surface area contributed by atoms with E-state index >= 15 is 0 Å². The largest absolute Gasteiger partial charge is 0.492 e. The van der Waals surface area contributed by atoms with Crippen molar-refractivity contribution in [2.45, 2.75) is 6.42 Å². The van der Waals surface area contributed by atoms with Crippen LogP contribution in [0, 0.1) is 0 Å². The first-order chi connectivity index (χ1) is 9.74. The van der Waals surface area contributed by atoms with Crippen LogP contribution < -0.4 is 10.1 Å². The number of hydrogen-bond donors (Lipinski definition) is 1. The predicted molar refractivity (Wildman–Crippen MR) is 82.8 cm³/mol. The second kappa shape index (κ2) is 7.70. The van der Waals surface area contributed by atoms with Gasteiger partial charge in [0.15, 0.2) is 0 Å². The maximum Gasteiger partial charge on any atom is 0.224 e. The minimum Gasteiger partial charge on any atom is -0.492 e. The summed E-state index contributed by atoms with van der Waals surface area (Å²) in [5.74, 6) is 0.813. The molecule has 2 aromatic rings. The summed E-state index contributed by atoms with van der Waals surface area (Å²) in [6, 6.07) is 17.3. The molecule has 2 rings (SSSR count). The lowest BCUT2D eigenvalue weighted by atomic mass is 10.1. The first kappa shape index (κ1) is 14.6. The van der Waals surface area contributed by atoms with E-state index in [9.17, 15) is 4.79 Å². The Hall–Kier alpha value is -1.81. The second-order valence-electron chi connectivity index (χ2n) is 4.32. The molecule has 0 aliphatic carbocycles. The summed E-state index contributed by atoms with van der Waals surface area (Å²) in [6.07, 6.45) is 0.380. The van der Waals surface area contributed by atoms with E-state index in [1.165, 1.54) is 0 Å². The van der Waals surface area contributed by atoms with Gasteiger partial charge in [-0.25, -0.2) is 0 Å². The molecule has 0 saturated heterocycles. The predicted octanol–water partition coefficient (Wildman–Crippen LogP) is 3.19. The number of amides is 1. The van der Waals surface area contributed by atoms with Crippen LogP contribution in [0.5, 0.6) is 5.75 Å². The zero-order valence-corrected chi connectivity index (χ0v) is 12.6. The van der Waals surface area contributed by atoms with Crippen molar-refractivity contribution >= 4 is 21.8 Å². The van der Waals surface area contributed by atoms with Crippen LogP contribution in [0.25, 0.3) is 0 Å². The van der Waals surface area contributed by atoms with Gasteiger partial charge in [-0.05, 0) is 29.8 Å². The van der Waals surface area contributed by atoms with Gasteiger partial charge in [0.25, 0.3) is 0 Å². The number of para-hydroxylation sites is 1. The standard InChI is InChI=1S/C16H16BrNO2/c17-14-6-4-5-13(11-14)12-16(19)18-9-10-20-15-7-2-1-3-8-15/h1-8,11H,9-10,12H2,(H,18,19). The molecule has 0 aromatic heterocycles. The quantitative estimate of drug-likeness (QED) is 0.824. The highest BCUT2D eigenvalue weighted by atomic mass is 79.9. The topological polar surface area (TPSA) is 38.3 Å². The van der Waals surface area contributed by atoms with E-state index in [1.807, 2.05) is 54.6 Å². The molecule has 0 heterocycles. The van der Waals surface area contributed by atoms with E-state index in [-0.39, 0.29) is 5.91 Å². The number of carbonyl (C=O) groups excluding carboxylic acids is 1. The van der Waals surface area contributed by atoms with E-state index in [4.69, 9.17) is 4.74 Å². The lowest BCUT2D eigenvalue weighted by Crippen LogP contribution is -2.29. The summed E-state index contributed by atoms with van der Waals surface area (Å²) in [5.41, 5.74) is 0.987. The molecule has 0 atom stereocenters. The van der Waals surface area contributed by atoms with E-state index in [0.29, 0.717) is 19.6 Å². The number of benzene rings is 2.